The summed E-state index contributed by atoms with van der Waals surface area (Å²) in [4.78, 5) is 15.9. The highest BCUT2D eigenvalue weighted by molar-refractivity contribution is 6.34. The lowest BCUT2D eigenvalue weighted by Gasteiger charge is -2.04. The monoisotopic (exact) mass is 296 g/mol. The highest BCUT2D eigenvalue weighted by Gasteiger charge is 2.06. The molecule has 19 heavy (non-hydrogen) atoms. The third-order valence-electron chi connectivity index (χ3n) is 2.09. The average Bonchev–Trinajstić information content (AvgIpc) is 2.30. The van der Waals surface area contributed by atoms with Gasteiger partial charge in [-0.15, -0.1) is 0 Å². The summed E-state index contributed by atoms with van der Waals surface area (Å²) >= 11 is 11.6. The van der Waals surface area contributed by atoms with Crippen LogP contribution in [0, 0.1) is 6.92 Å². The number of aromatic nitrogens is 1. The molecule has 0 radical (unpaired) electrons. The molecule has 1 heterocycles. The van der Waals surface area contributed by atoms with Gasteiger partial charge in [0.05, 0.1) is 0 Å². The number of allylic oxidation sites excluding steroid dienone is 3. The van der Waals surface area contributed by atoms with Gasteiger partial charge in [-0.05, 0) is 37.6 Å². The van der Waals surface area contributed by atoms with E-state index in [0.29, 0.717) is 15.9 Å². The van der Waals surface area contributed by atoms with Crippen LogP contribution in [0.15, 0.2) is 52.7 Å². The number of nitrogens with zero attached hydrogens (tertiary/aromatic N) is 1. The lowest BCUT2D eigenvalue weighted by molar-refractivity contribution is -0.112. The summed E-state index contributed by atoms with van der Waals surface area (Å²) in [5.41, 5.74) is 1.24. The first-order valence-corrected chi connectivity index (χ1v) is 6.28. The number of hydrogen-bond acceptors (Lipinski definition) is 2. The molecule has 5 heteroatoms. The zero-order valence-electron chi connectivity index (χ0n) is 10.7. The minimum absolute atomic E-state index is 0.224. The third-order valence-corrected chi connectivity index (χ3v) is 2.42. The van der Waals surface area contributed by atoms with Gasteiger partial charge in [0.15, 0.2) is 0 Å². The molecule has 1 N–H and O–H groups in total. The number of nitrogens with one attached hydrogen (secondary N) is 1. The molecular weight excluding hydrogens is 283 g/mol. The summed E-state index contributed by atoms with van der Waals surface area (Å²) in [6, 6.07) is 3.57. The Labute approximate surface area is 122 Å². The first-order valence-electron chi connectivity index (χ1n) is 5.52. The molecule has 0 unspecified atom stereocenters. The van der Waals surface area contributed by atoms with Crippen LogP contribution in [0.3, 0.4) is 0 Å². The molecule has 3 nitrogen and oxygen atoms in total. The fraction of sp³-hybridized carbons (Fsp3) is 0.143. The smallest absolute Gasteiger partial charge is 0.256 e. The average molecular weight is 297 g/mol. The summed E-state index contributed by atoms with van der Waals surface area (Å²) in [5.74, 6) is 0.0977. The maximum Gasteiger partial charge on any atom is 0.256 e. The van der Waals surface area contributed by atoms with E-state index in [9.17, 15) is 4.79 Å². The minimum Gasteiger partial charge on any atom is -0.307 e. The van der Waals surface area contributed by atoms with Crippen LogP contribution in [0.25, 0.3) is 0 Å². The van der Waals surface area contributed by atoms with E-state index in [0.717, 1.165) is 5.56 Å². The Bertz CT molecular complexity index is 541. The molecule has 1 aromatic rings. The maximum atomic E-state index is 11.8. The fourth-order valence-corrected chi connectivity index (χ4v) is 1.67. The number of aryl methyl sites for hydroxylation is 1. The largest absolute Gasteiger partial charge is 0.307 e. The summed E-state index contributed by atoms with van der Waals surface area (Å²) in [6.07, 6.45) is 4.64. The second-order valence-electron chi connectivity index (χ2n) is 3.96. The van der Waals surface area contributed by atoms with Crippen LogP contribution in [0.1, 0.15) is 12.5 Å². The van der Waals surface area contributed by atoms with Gasteiger partial charge >= 0.3 is 0 Å². The molecule has 0 aliphatic heterocycles. The molecule has 1 rings (SSSR count). The Balaban J connectivity index is 2.71. The van der Waals surface area contributed by atoms with E-state index in [1.54, 1.807) is 19.2 Å². The summed E-state index contributed by atoms with van der Waals surface area (Å²) in [6.45, 7) is 7.25. The number of amides is 1. The van der Waals surface area contributed by atoms with Gasteiger partial charge in [0, 0.05) is 21.8 Å². The van der Waals surface area contributed by atoms with Crippen molar-refractivity contribution in [1.29, 1.82) is 0 Å². The normalized spacial score (nSPS) is 12.2. The first kappa shape index (κ1) is 15.5. The van der Waals surface area contributed by atoms with E-state index >= 15 is 0 Å². The molecular formula is C14H14Cl2N2O. The molecule has 0 bridgehead atoms. The molecule has 0 fully saturated rings. The number of hydrogen-bond donors (Lipinski definition) is 1. The number of carbonyl (C=O) groups is 1. The van der Waals surface area contributed by atoms with Crippen molar-refractivity contribution in [3.05, 3.63) is 58.3 Å². The van der Waals surface area contributed by atoms with Crippen molar-refractivity contribution in [2.75, 3.05) is 5.32 Å². The SMILES string of the molecule is C=C(/C=C(Cl)\C=C(/C)Cl)C(=O)Nc1ccc(C)cn1. The summed E-state index contributed by atoms with van der Waals surface area (Å²) in [7, 11) is 0. The van der Waals surface area contributed by atoms with Gasteiger partial charge in [-0.3, -0.25) is 4.79 Å². The van der Waals surface area contributed by atoms with Crippen molar-refractivity contribution in [1.82, 2.24) is 4.98 Å². The Kier molecular flexibility index (Phi) is 5.80. The molecule has 1 amide bonds. The standard InChI is InChI=1S/C14H14Cl2N2O/c1-9-4-5-13(17-8-9)18-14(19)10(2)6-12(16)7-11(3)15/h4-8H,2H2,1,3H3,(H,17,18,19)/b11-7+,12-6+. The van der Waals surface area contributed by atoms with Crippen molar-refractivity contribution in [3.8, 4) is 0 Å². The molecule has 0 aromatic carbocycles. The van der Waals surface area contributed by atoms with Crippen molar-refractivity contribution in [2.45, 2.75) is 13.8 Å². The number of halogens is 2. The minimum atomic E-state index is -0.366. The molecule has 0 aliphatic carbocycles. The van der Waals surface area contributed by atoms with Crippen molar-refractivity contribution in [2.24, 2.45) is 0 Å². The van der Waals surface area contributed by atoms with Gasteiger partial charge in [0.1, 0.15) is 5.82 Å². The Morgan fingerprint density at radius 3 is 2.58 bits per heavy atom. The molecule has 0 saturated carbocycles. The molecule has 100 valence electrons. The number of pyridine rings is 1. The molecule has 0 aliphatic rings. The first-order chi connectivity index (χ1) is 8.88. The zero-order chi connectivity index (χ0) is 14.4. The second-order valence-corrected chi connectivity index (χ2v) is 4.99. The van der Waals surface area contributed by atoms with Crippen LogP contribution in [-0.2, 0) is 4.79 Å². The molecule has 0 spiro atoms. The van der Waals surface area contributed by atoms with E-state index in [1.807, 2.05) is 13.0 Å². The fourth-order valence-electron chi connectivity index (χ4n) is 1.20. The van der Waals surface area contributed by atoms with Crippen molar-refractivity contribution < 1.29 is 4.79 Å². The zero-order valence-corrected chi connectivity index (χ0v) is 12.2. The number of carbonyl (C=O) groups excluding carboxylic acids is 1. The third kappa shape index (κ3) is 5.73. The van der Waals surface area contributed by atoms with Crippen LogP contribution in [0.5, 0.6) is 0 Å². The highest BCUT2D eigenvalue weighted by atomic mass is 35.5. The maximum absolute atomic E-state index is 11.8. The van der Waals surface area contributed by atoms with E-state index in [2.05, 4.69) is 16.9 Å². The van der Waals surface area contributed by atoms with Gasteiger partial charge in [-0.1, -0.05) is 35.8 Å². The lowest BCUT2D eigenvalue weighted by Crippen LogP contribution is -2.13. The van der Waals surface area contributed by atoms with E-state index in [4.69, 9.17) is 23.2 Å². The van der Waals surface area contributed by atoms with Gasteiger partial charge in [0.25, 0.3) is 5.91 Å². The number of rotatable bonds is 4. The quantitative estimate of drug-likeness (QED) is 0.670. The highest BCUT2D eigenvalue weighted by Crippen LogP contribution is 2.13. The van der Waals surface area contributed by atoms with Crippen LogP contribution >= 0.6 is 23.2 Å². The Morgan fingerprint density at radius 2 is 2.05 bits per heavy atom. The van der Waals surface area contributed by atoms with Crippen LogP contribution in [0.2, 0.25) is 0 Å². The lowest BCUT2D eigenvalue weighted by atomic mass is 10.2. The van der Waals surface area contributed by atoms with Crippen molar-refractivity contribution >= 4 is 34.9 Å². The second kappa shape index (κ2) is 7.12. The van der Waals surface area contributed by atoms with Gasteiger partial charge in [0.2, 0.25) is 0 Å². The molecule has 0 atom stereocenters. The molecule has 0 saturated heterocycles. The Morgan fingerprint density at radius 1 is 1.37 bits per heavy atom. The number of anilines is 1. The van der Waals surface area contributed by atoms with E-state index in [-0.39, 0.29) is 11.5 Å². The van der Waals surface area contributed by atoms with Crippen LogP contribution < -0.4 is 5.32 Å². The Hall–Kier alpha value is -1.58. The van der Waals surface area contributed by atoms with Crippen molar-refractivity contribution in [3.63, 3.8) is 0 Å². The van der Waals surface area contributed by atoms with Gasteiger partial charge < -0.3 is 5.32 Å². The van der Waals surface area contributed by atoms with Gasteiger partial charge in [-0.2, -0.15) is 0 Å². The summed E-state index contributed by atoms with van der Waals surface area (Å²) in [5, 5.41) is 3.48. The van der Waals surface area contributed by atoms with Crippen LogP contribution in [0.4, 0.5) is 5.82 Å². The molecule has 1 aromatic heterocycles. The van der Waals surface area contributed by atoms with E-state index in [1.165, 1.54) is 12.2 Å². The predicted molar refractivity (Wildman–Crippen MR) is 80.3 cm³/mol. The topological polar surface area (TPSA) is 42.0 Å². The van der Waals surface area contributed by atoms with E-state index < -0.39 is 0 Å². The summed E-state index contributed by atoms with van der Waals surface area (Å²) < 4.78 is 0. The predicted octanol–water partition coefficient (Wildman–Crippen LogP) is 4.15. The van der Waals surface area contributed by atoms with Gasteiger partial charge in [-0.25, -0.2) is 4.98 Å². The van der Waals surface area contributed by atoms with Crippen LogP contribution in [-0.4, -0.2) is 10.9 Å².